The molecule has 0 saturated heterocycles. The van der Waals surface area contributed by atoms with Crippen LogP contribution in [0.15, 0.2) is 0 Å². The number of nitrogens with zero attached hydrogens (tertiary/aromatic N) is 1. The predicted molar refractivity (Wildman–Crippen MR) is 68.6 cm³/mol. The van der Waals surface area contributed by atoms with Crippen molar-refractivity contribution in [2.75, 3.05) is 33.4 Å². The highest BCUT2D eigenvalue weighted by Gasteiger charge is 2.24. The molecule has 1 amide bonds. The van der Waals surface area contributed by atoms with E-state index in [2.05, 4.69) is 0 Å². The van der Waals surface area contributed by atoms with Crippen molar-refractivity contribution in [1.29, 1.82) is 0 Å². The van der Waals surface area contributed by atoms with Crippen molar-refractivity contribution in [3.8, 4) is 0 Å². The molecule has 0 aromatic rings. The summed E-state index contributed by atoms with van der Waals surface area (Å²) >= 11 is 0. The van der Waals surface area contributed by atoms with Crippen LogP contribution in [0.1, 0.15) is 26.7 Å². The molecule has 0 aliphatic heterocycles. The van der Waals surface area contributed by atoms with Crippen molar-refractivity contribution in [2.45, 2.75) is 26.7 Å². The number of hydrogen-bond acceptors (Lipinski definition) is 3. The third-order valence-electron chi connectivity index (χ3n) is 3.37. The minimum Gasteiger partial charge on any atom is -0.379 e. The molecule has 1 atom stereocenters. The molecule has 17 heavy (non-hydrogen) atoms. The van der Waals surface area contributed by atoms with Gasteiger partial charge in [0, 0.05) is 26.7 Å². The van der Waals surface area contributed by atoms with E-state index in [0.717, 1.165) is 12.5 Å². The van der Waals surface area contributed by atoms with E-state index in [1.165, 1.54) is 12.8 Å². The number of carbonyl (C=O) groups excluding carboxylic acids is 1. The second kappa shape index (κ2) is 6.97. The fraction of sp³-hybridized carbons (Fsp3) is 0.923. The second-order valence-corrected chi connectivity index (χ2v) is 5.36. The van der Waals surface area contributed by atoms with Gasteiger partial charge in [0.15, 0.2) is 0 Å². The summed E-state index contributed by atoms with van der Waals surface area (Å²) in [7, 11) is 1.83. The molecule has 0 heterocycles. The molecular weight excluding hydrogens is 216 g/mol. The van der Waals surface area contributed by atoms with Gasteiger partial charge in [0.2, 0.25) is 5.91 Å². The number of hydrogen-bond donors (Lipinski definition) is 1. The molecule has 2 N–H and O–H groups in total. The van der Waals surface area contributed by atoms with Crippen LogP contribution in [-0.4, -0.2) is 44.2 Å². The van der Waals surface area contributed by atoms with Gasteiger partial charge in [-0.1, -0.05) is 13.8 Å². The van der Waals surface area contributed by atoms with Crippen LogP contribution in [0.3, 0.4) is 0 Å². The van der Waals surface area contributed by atoms with Crippen LogP contribution in [-0.2, 0) is 9.53 Å². The molecule has 1 aliphatic carbocycles. The Morgan fingerprint density at radius 2 is 2.12 bits per heavy atom. The summed E-state index contributed by atoms with van der Waals surface area (Å²) in [5.41, 5.74) is 5.64. The van der Waals surface area contributed by atoms with Crippen molar-refractivity contribution in [1.82, 2.24) is 4.90 Å². The maximum absolute atomic E-state index is 12.0. The molecule has 100 valence electrons. The van der Waals surface area contributed by atoms with Crippen LogP contribution < -0.4 is 5.73 Å². The molecule has 1 unspecified atom stereocenters. The highest BCUT2D eigenvalue weighted by Crippen LogP contribution is 2.28. The van der Waals surface area contributed by atoms with Gasteiger partial charge in [0.05, 0.1) is 12.5 Å². The maximum Gasteiger partial charge on any atom is 0.227 e. The Hall–Kier alpha value is -0.610. The zero-order valence-corrected chi connectivity index (χ0v) is 11.3. The van der Waals surface area contributed by atoms with Gasteiger partial charge in [0.25, 0.3) is 0 Å². The molecule has 4 nitrogen and oxygen atoms in total. The molecule has 0 bridgehead atoms. The lowest BCUT2D eigenvalue weighted by molar-refractivity contribution is -0.135. The molecule has 1 aliphatic rings. The predicted octanol–water partition coefficient (Wildman–Crippen LogP) is 1.10. The van der Waals surface area contributed by atoms with E-state index in [4.69, 9.17) is 10.5 Å². The Balaban J connectivity index is 2.19. The zero-order valence-electron chi connectivity index (χ0n) is 11.3. The largest absolute Gasteiger partial charge is 0.379 e. The summed E-state index contributed by atoms with van der Waals surface area (Å²) in [5, 5.41) is 0. The highest BCUT2D eigenvalue weighted by molar-refractivity contribution is 5.79. The van der Waals surface area contributed by atoms with Gasteiger partial charge in [-0.3, -0.25) is 4.79 Å². The smallest absolute Gasteiger partial charge is 0.227 e. The SMILES string of the molecule is CC(C)C(CN)C(=O)N(C)CCOCC1CC1. The van der Waals surface area contributed by atoms with Gasteiger partial charge in [0.1, 0.15) is 0 Å². The summed E-state index contributed by atoms with van der Waals surface area (Å²) < 4.78 is 5.53. The van der Waals surface area contributed by atoms with E-state index in [9.17, 15) is 4.79 Å². The average molecular weight is 242 g/mol. The molecule has 4 heteroatoms. The highest BCUT2D eigenvalue weighted by atomic mass is 16.5. The number of amides is 1. The minimum absolute atomic E-state index is 0.0663. The fourth-order valence-corrected chi connectivity index (χ4v) is 1.79. The van der Waals surface area contributed by atoms with Gasteiger partial charge in [-0.25, -0.2) is 0 Å². The third-order valence-corrected chi connectivity index (χ3v) is 3.37. The number of carbonyl (C=O) groups is 1. The Morgan fingerprint density at radius 3 is 2.59 bits per heavy atom. The molecule has 1 rings (SSSR count). The van der Waals surface area contributed by atoms with Crippen molar-refractivity contribution in [2.24, 2.45) is 23.5 Å². The molecule has 0 aromatic heterocycles. The van der Waals surface area contributed by atoms with Crippen molar-refractivity contribution < 1.29 is 9.53 Å². The molecule has 1 saturated carbocycles. The number of likely N-dealkylation sites (N-methyl/N-ethyl adjacent to an activating group) is 1. The lowest BCUT2D eigenvalue weighted by atomic mass is 9.94. The molecular formula is C13H26N2O2. The van der Waals surface area contributed by atoms with E-state index >= 15 is 0 Å². The van der Waals surface area contributed by atoms with Gasteiger partial charge < -0.3 is 15.4 Å². The summed E-state index contributed by atoms with van der Waals surface area (Å²) in [6.45, 7) is 6.64. The van der Waals surface area contributed by atoms with E-state index < -0.39 is 0 Å². The number of nitrogens with two attached hydrogens (primary N) is 1. The second-order valence-electron chi connectivity index (χ2n) is 5.36. The lowest BCUT2D eigenvalue weighted by Crippen LogP contribution is -2.40. The number of rotatable bonds is 8. The van der Waals surface area contributed by atoms with Crippen LogP contribution in [0, 0.1) is 17.8 Å². The van der Waals surface area contributed by atoms with E-state index in [1.54, 1.807) is 4.90 Å². The van der Waals surface area contributed by atoms with Crippen molar-refractivity contribution in [3.05, 3.63) is 0 Å². The Kier molecular flexibility index (Phi) is 5.92. The van der Waals surface area contributed by atoms with Crippen LogP contribution in [0.2, 0.25) is 0 Å². The topological polar surface area (TPSA) is 55.6 Å². The van der Waals surface area contributed by atoms with Gasteiger partial charge >= 0.3 is 0 Å². The summed E-state index contributed by atoms with van der Waals surface area (Å²) in [6.07, 6.45) is 2.61. The van der Waals surface area contributed by atoms with Crippen LogP contribution >= 0.6 is 0 Å². The first-order chi connectivity index (χ1) is 8.06. The molecule has 0 spiro atoms. The van der Waals surface area contributed by atoms with E-state index in [1.807, 2.05) is 20.9 Å². The first kappa shape index (κ1) is 14.5. The fourth-order valence-electron chi connectivity index (χ4n) is 1.79. The molecule has 1 fully saturated rings. The van der Waals surface area contributed by atoms with Gasteiger partial charge in [-0.05, 0) is 24.7 Å². The summed E-state index contributed by atoms with van der Waals surface area (Å²) in [5.74, 6) is 1.15. The standard InChI is InChI=1S/C13H26N2O2/c1-10(2)12(8-14)13(16)15(3)6-7-17-9-11-4-5-11/h10-12H,4-9,14H2,1-3H3. The monoisotopic (exact) mass is 242 g/mol. The Bertz CT molecular complexity index is 240. The Labute approximate surface area is 104 Å². The average Bonchev–Trinajstić information content (AvgIpc) is 3.08. The first-order valence-electron chi connectivity index (χ1n) is 6.59. The third kappa shape index (κ3) is 5.04. The zero-order chi connectivity index (χ0) is 12.8. The van der Waals surface area contributed by atoms with Crippen molar-refractivity contribution >= 4 is 5.91 Å². The van der Waals surface area contributed by atoms with Gasteiger partial charge in [-0.15, -0.1) is 0 Å². The quantitative estimate of drug-likeness (QED) is 0.649. The van der Waals surface area contributed by atoms with Gasteiger partial charge in [-0.2, -0.15) is 0 Å². The van der Waals surface area contributed by atoms with E-state index in [0.29, 0.717) is 25.6 Å². The molecule has 0 aromatic carbocycles. The van der Waals surface area contributed by atoms with Crippen LogP contribution in [0.4, 0.5) is 0 Å². The number of ether oxygens (including phenoxy) is 1. The molecule has 0 radical (unpaired) electrons. The summed E-state index contributed by atoms with van der Waals surface area (Å²) in [6, 6.07) is 0. The first-order valence-corrected chi connectivity index (χ1v) is 6.59. The Morgan fingerprint density at radius 1 is 1.47 bits per heavy atom. The van der Waals surface area contributed by atoms with Crippen LogP contribution in [0.25, 0.3) is 0 Å². The van der Waals surface area contributed by atoms with Crippen molar-refractivity contribution in [3.63, 3.8) is 0 Å². The van der Waals surface area contributed by atoms with E-state index in [-0.39, 0.29) is 11.8 Å². The normalized spacial score (nSPS) is 17.2. The van der Waals surface area contributed by atoms with Crippen LogP contribution in [0.5, 0.6) is 0 Å². The minimum atomic E-state index is -0.0663. The lowest BCUT2D eigenvalue weighted by Gasteiger charge is -2.25. The maximum atomic E-state index is 12.0. The summed E-state index contributed by atoms with van der Waals surface area (Å²) in [4.78, 5) is 13.8.